The molecule has 4 N–H and O–H groups in total. The monoisotopic (exact) mass is 585 g/mol. The summed E-state index contributed by atoms with van der Waals surface area (Å²) >= 11 is 0. The van der Waals surface area contributed by atoms with Crippen LogP contribution in [0.3, 0.4) is 0 Å². The highest BCUT2D eigenvalue weighted by molar-refractivity contribution is 6.12. The minimum atomic E-state index is -1.04. The van der Waals surface area contributed by atoms with Gasteiger partial charge >= 0.3 is 6.09 Å². The van der Waals surface area contributed by atoms with Crippen molar-refractivity contribution in [2.45, 2.75) is 71.6 Å². The number of ether oxygens (including phenoxy) is 1. The van der Waals surface area contributed by atoms with Gasteiger partial charge in [-0.05, 0) is 50.3 Å². The molecule has 0 aliphatic carbocycles. The van der Waals surface area contributed by atoms with E-state index in [-0.39, 0.29) is 43.2 Å². The molecule has 42 heavy (non-hydrogen) atoms. The summed E-state index contributed by atoms with van der Waals surface area (Å²) in [6, 6.07) is 5.70. The second-order valence-corrected chi connectivity index (χ2v) is 10.8. The molecule has 0 fully saturated rings. The highest BCUT2D eigenvalue weighted by Crippen LogP contribution is 2.12. The van der Waals surface area contributed by atoms with E-state index in [0.717, 1.165) is 4.90 Å². The summed E-state index contributed by atoms with van der Waals surface area (Å²) in [5.74, 6) is -2.16. The third-order valence-electron chi connectivity index (χ3n) is 6.20. The fourth-order valence-electron chi connectivity index (χ4n) is 3.81. The van der Waals surface area contributed by atoms with E-state index in [0.29, 0.717) is 43.3 Å². The number of amides is 6. The van der Waals surface area contributed by atoms with E-state index in [1.54, 1.807) is 38.1 Å². The van der Waals surface area contributed by atoms with Crippen LogP contribution in [0.2, 0.25) is 0 Å². The molecule has 2 rings (SSSR count). The molecule has 1 atom stereocenters. The Hall–Kier alpha value is -4.55. The van der Waals surface area contributed by atoms with Gasteiger partial charge in [0.2, 0.25) is 17.7 Å². The Morgan fingerprint density at radius 1 is 0.952 bits per heavy atom. The highest BCUT2D eigenvalue weighted by Gasteiger charge is 2.25. The molecule has 13 nitrogen and oxygen atoms in total. The van der Waals surface area contributed by atoms with E-state index in [9.17, 15) is 33.6 Å². The van der Waals surface area contributed by atoms with Crippen molar-refractivity contribution in [2.75, 3.05) is 18.4 Å². The molecule has 0 radical (unpaired) electrons. The number of alkyl carbamates (subject to hydrolysis) is 1. The fourth-order valence-corrected chi connectivity index (χ4v) is 3.81. The van der Waals surface area contributed by atoms with Crippen molar-refractivity contribution < 1.29 is 38.3 Å². The molecule has 1 aromatic rings. The normalized spacial score (nSPS) is 13.5. The summed E-state index contributed by atoms with van der Waals surface area (Å²) < 4.78 is 5.08. The van der Waals surface area contributed by atoms with Crippen molar-refractivity contribution in [2.24, 2.45) is 5.92 Å². The molecule has 1 unspecified atom stereocenters. The quantitative estimate of drug-likeness (QED) is 0.128. The average molecular weight is 586 g/mol. The van der Waals surface area contributed by atoms with E-state index in [2.05, 4.69) is 21.3 Å². The summed E-state index contributed by atoms with van der Waals surface area (Å²) in [4.78, 5) is 84.4. The first-order valence-corrected chi connectivity index (χ1v) is 13.7. The summed E-state index contributed by atoms with van der Waals surface area (Å²) in [6.07, 6.45) is 4.24. The lowest BCUT2D eigenvalue weighted by atomic mass is 10.0. The molecule has 1 heterocycles. The number of carbonyl (C=O) groups excluding carboxylic acids is 7. The number of rotatable bonds is 16. The Morgan fingerprint density at radius 2 is 1.60 bits per heavy atom. The second kappa shape index (κ2) is 16.0. The molecular formula is C29H39N5O8. The number of benzene rings is 1. The lowest BCUT2D eigenvalue weighted by molar-refractivity contribution is -0.137. The zero-order valence-electron chi connectivity index (χ0n) is 24.4. The summed E-state index contributed by atoms with van der Waals surface area (Å²) in [5, 5.41) is 10.3. The van der Waals surface area contributed by atoms with Crippen molar-refractivity contribution >= 4 is 47.6 Å². The number of aldehydes is 1. The Labute approximate surface area is 244 Å². The smallest absolute Gasteiger partial charge is 0.408 e. The first-order valence-electron chi connectivity index (χ1n) is 13.7. The van der Waals surface area contributed by atoms with Gasteiger partial charge in [-0.3, -0.25) is 28.9 Å². The number of hydrogen-bond acceptors (Lipinski definition) is 8. The van der Waals surface area contributed by atoms with Gasteiger partial charge in [-0.1, -0.05) is 32.4 Å². The number of nitrogens with one attached hydrogen (secondary N) is 4. The second-order valence-electron chi connectivity index (χ2n) is 10.8. The first-order chi connectivity index (χ1) is 19.8. The van der Waals surface area contributed by atoms with E-state index in [1.165, 1.54) is 26.0 Å². The van der Waals surface area contributed by atoms with E-state index >= 15 is 0 Å². The third-order valence-corrected chi connectivity index (χ3v) is 6.20. The van der Waals surface area contributed by atoms with Crippen molar-refractivity contribution in [3.63, 3.8) is 0 Å². The zero-order valence-corrected chi connectivity index (χ0v) is 24.4. The molecule has 228 valence electrons. The van der Waals surface area contributed by atoms with E-state index in [1.807, 2.05) is 0 Å². The van der Waals surface area contributed by atoms with Crippen LogP contribution in [0.4, 0.5) is 10.5 Å². The lowest BCUT2D eigenvalue weighted by Crippen LogP contribution is -2.51. The molecule has 0 spiro atoms. The topological polar surface area (TPSA) is 180 Å². The van der Waals surface area contributed by atoms with Crippen LogP contribution >= 0.6 is 0 Å². The van der Waals surface area contributed by atoms with Gasteiger partial charge < -0.3 is 30.8 Å². The summed E-state index contributed by atoms with van der Waals surface area (Å²) in [7, 11) is 0. The van der Waals surface area contributed by atoms with Gasteiger partial charge in [0.05, 0.1) is 12.1 Å². The minimum Gasteiger partial charge on any atom is -0.445 e. The summed E-state index contributed by atoms with van der Waals surface area (Å²) in [6.45, 7) is 6.59. The summed E-state index contributed by atoms with van der Waals surface area (Å²) in [5.41, 5.74) is 0.0827. The van der Waals surface area contributed by atoms with Gasteiger partial charge in [0.25, 0.3) is 11.8 Å². The van der Waals surface area contributed by atoms with Gasteiger partial charge in [-0.15, -0.1) is 0 Å². The van der Waals surface area contributed by atoms with Crippen LogP contribution in [0.15, 0.2) is 36.4 Å². The van der Waals surface area contributed by atoms with Gasteiger partial charge in [0.1, 0.15) is 18.9 Å². The van der Waals surface area contributed by atoms with Crippen LogP contribution in [0, 0.1) is 5.92 Å². The number of unbranched alkanes of at least 4 members (excludes halogenated alkanes) is 2. The number of imide groups is 1. The van der Waals surface area contributed by atoms with Crippen LogP contribution in [0.1, 0.15) is 58.9 Å². The highest BCUT2D eigenvalue weighted by atomic mass is 16.5. The van der Waals surface area contributed by atoms with Crippen molar-refractivity contribution in [1.29, 1.82) is 0 Å². The minimum absolute atomic E-state index is 0.0360. The molecule has 0 aromatic heterocycles. The van der Waals surface area contributed by atoms with Gasteiger partial charge in [-0.25, -0.2) is 4.79 Å². The van der Waals surface area contributed by atoms with Crippen LogP contribution in [0.5, 0.6) is 0 Å². The first kappa shape index (κ1) is 33.7. The fraction of sp³-hybridized carbons (Fsp3) is 0.483. The van der Waals surface area contributed by atoms with E-state index in [4.69, 9.17) is 4.74 Å². The van der Waals surface area contributed by atoms with Gasteiger partial charge in [-0.2, -0.15) is 0 Å². The Bertz CT molecular complexity index is 1170. The molecule has 13 heteroatoms. The van der Waals surface area contributed by atoms with Crippen LogP contribution in [-0.4, -0.2) is 71.5 Å². The molecule has 1 aromatic carbocycles. The number of nitrogens with zero attached hydrogens (tertiary/aromatic N) is 1. The predicted octanol–water partition coefficient (Wildman–Crippen LogP) is 1.57. The molecule has 0 saturated heterocycles. The van der Waals surface area contributed by atoms with E-state index < -0.39 is 29.5 Å². The molecule has 1 aliphatic heterocycles. The van der Waals surface area contributed by atoms with Crippen LogP contribution < -0.4 is 21.3 Å². The third kappa shape index (κ3) is 11.5. The lowest BCUT2D eigenvalue weighted by Gasteiger charge is -2.21. The SMILES string of the molecule is CC(C)C(NC(=O)CCCCCN1C(=O)C=CC1=O)C(=O)NCC(=O)Nc1ccc(COC(=O)NC(C)(C)C=O)cc1. The predicted molar refractivity (Wildman–Crippen MR) is 153 cm³/mol. The van der Waals surface area contributed by atoms with Crippen LogP contribution in [-0.2, 0) is 40.1 Å². The molecular weight excluding hydrogens is 546 g/mol. The van der Waals surface area contributed by atoms with Crippen LogP contribution in [0.25, 0.3) is 0 Å². The molecule has 6 amide bonds. The van der Waals surface area contributed by atoms with Gasteiger partial charge in [0.15, 0.2) is 0 Å². The molecule has 0 saturated carbocycles. The number of hydrogen-bond donors (Lipinski definition) is 4. The maximum absolute atomic E-state index is 12.7. The maximum Gasteiger partial charge on any atom is 0.408 e. The largest absolute Gasteiger partial charge is 0.445 e. The van der Waals surface area contributed by atoms with Crippen molar-refractivity contribution in [3.8, 4) is 0 Å². The molecule has 1 aliphatic rings. The Kier molecular flexibility index (Phi) is 12.8. The Balaban J connectivity index is 1.70. The van der Waals surface area contributed by atoms with Crippen molar-refractivity contribution in [3.05, 3.63) is 42.0 Å². The standard InChI is InChI=1S/C29H39N5O8/c1-19(2)26(32-22(36)8-6-5-7-15-34-24(38)13-14-25(34)39)27(40)30-16-23(37)31-21-11-9-20(10-12-21)17-42-28(41)33-29(3,4)18-35/h9-14,18-19,26H,5-8,15-17H2,1-4H3,(H,30,40)(H,31,37)(H,32,36)(H,33,41). The number of anilines is 1. The van der Waals surface area contributed by atoms with Gasteiger partial charge in [0, 0.05) is 30.8 Å². The number of carbonyl (C=O) groups is 7. The maximum atomic E-state index is 12.7. The average Bonchev–Trinajstić information content (AvgIpc) is 3.26. The Morgan fingerprint density at radius 3 is 2.19 bits per heavy atom. The van der Waals surface area contributed by atoms with Crippen molar-refractivity contribution in [1.82, 2.24) is 20.9 Å². The molecule has 0 bridgehead atoms. The zero-order chi connectivity index (χ0) is 31.3.